The van der Waals surface area contributed by atoms with Gasteiger partial charge in [0.15, 0.2) is 6.29 Å². The Bertz CT molecular complexity index is 296. The topological polar surface area (TPSA) is 18.5 Å². The predicted molar refractivity (Wildman–Crippen MR) is 62.2 cm³/mol. The molecule has 2 heteroatoms. The van der Waals surface area contributed by atoms with Gasteiger partial charge in [0.1, 0.15) is 5.75 Å². The van der Waals surface area contributed by atoms with Crippen LogP contribution in [-0.4, -0.2) is 13.4 Å². The van der Waals surface area contributed by atoms with Crippen LogP contribution < -0.4 is 4.74 Å². The second-order valence-electron chi connectivity index (χ2n) is 3.77. The minimum Gasteiger partial charge on any atom is -0.465 e. The molecule has 0 bridgehead atoms. The monoisotopic (exact) mass is 208 g/mol. The summed E-state index contributed by atoms with van der Waals surface area (Å²) in [6.07, 6.45) is 0.914. The number of ether oxygens (including phenoxy) is 2. The van der Waals surface area contributed by atoms with Crippen molar-refractivity contribution in [2.45, 2.75) is 39.4 Å². The molecule has 0 heterocycles. The average Bonchev–Trinajstić information content (AvgIpc) is 2.28. The van der Waals surface area contributed by atoms with Crippen LogP contribution in [0.1, 0.15) is 38.7 Å². The number of methoxy groups -OCH3 is 1. The summed E-state index contributed by atoms with van der Waals surface area (Å²) in [4.78, 5) is 0. The van der Waals surface area contributed by atoms with Crippen molar-refractivity contribution in [1.82, 2.24) is 0 Å². The summed E-state index contributed by atoms with van der Waals surface area (Å²) in [5, 5.41) is 0. The normalized spacial score (nSPS) is 14.7. The molecule has 1 rings (SSSR count). The maximum absolute atomic E-state index is 5.70. The molecule has 0 saturated heterocycles. The molecule has 0 spiro atoms. The van der Waals surface area contributed by atoms with Gasteiger partial charge in [-0.15, -0.1) is 0 Å². The predicted octanol–water partition coefficient (Wildman–Crippen LogP) is 3.57. The lowest BCUT2D eigenvalue weighted by atomic mass is 9.98. The van der Waals surface area contributed by atoms with E-state index in [4.69, 9.17) is 9.47 Å². The second-order valence-corrected chi connectivity index (χ2v) is 3.77. The maximum Gasteiger partial charge on any atom is 0.196 e. The van der Waals surface area contributed by atoms with Crippen LogP contribution in [0.4, 0.5) is 0 Å². The summed E-state index contributed by atoms with van der Waals surface area (Å²) in [7, 11) is 1.65. The lowest BCUT2D eigenvalue weighted by Gasteiger charge is -2.18. The molecule has 0 aliphatic heterocycles. The molecule has 15 heavy (non-hydrogen) atoms. The van der Waals surface area contributed by atoms with Crippen LogP contribution in [0.25, 0.3) is 0 Å². The van der Waals surface area contributed by atoms with Gasteiger partial charge in [-0.1, -0.05) is 32.0 Å². The van der Waals surface area contributed by atoms with Crippen molar-refractivity contribution >= 4 is 0 Å². The van der Waals surface area contributed by atoms with E-state index in [2.05, 4.69) is 19.9 Å². The number of rotatable bonds is 5. The van der Waals surface area contributed by atoms with Crippen LogP contribution in [0.5, 0.6) is 5.75 Å². The van der Waals surface area contributed by atoms with E-state index < -0.39 is 0 Å². The highest BCUT2D eigenvalue weighted by molar-refractivity contribution is 5.35. The Kier molecular flexibility index (Phi) is 4.63. The zero-order chi connectivity index (χ0) is 11.3. The lowest BCUT2D eigenvalue weighted by molar-refractivity contribution is -0.0389. The van der Waals surface area contributed by atoms with Crippen molar-refractivity contribution in [1.29, 1.82) is 0 Å². The van der Waals surface area contributed by atoms with Crippen LogP contribution in [-0.2, 0) is 4.74 Å². The number of para-hydroxylation sites is 1. The van der Waals surface area contributed by atoms with E-state index in [0.717, 1.165) is 12.2 Å². The quantitative estimate of drug-likeness (QED) is 0.689. The molecule has 2 atom stereocenters. The van der Waals surface area contributed by atoms with E-state index in [1.807, 2.05) is 25.1 Å². The zero-order valence-corrected chi connectivity index (χ0v) is 9.99. The van der Waals surface area contributed by atoms with Crippen molar-refractivity contribution in [3.05, 3.63) is 29.8 Å². The van der Waals surface area contributed by atoms with Gasteiger partial charge >= 0.3 is 0 Å². The first-order valence-corrected chi connectivity index (χ1v) is 5.47. The van der Waals surface area contributed by atoms with Gasteiger partial charge in [-0.3, -0.25) is 0 Å². The number of hydrogen-bond acceptors (Lipinski definition) is 2. The summed E-state index contributed by atoms with van der Waals surface area (Å²) < 4.78 is 10.8. The van der Waals surface area contributed by atoms with Crippen molar-refractivity contribution in [3.8, 4) is 5.75 Å². The Morgan fingerprint density at radius 3 is 2.47 bits per heavy atom. The standard InChI is InChI=1S/C13H20O2/c1-5-10(2)12-8-6-7-9-13(12)15-11(3)14-4/h6-11H,5H2,1-4H3. The Morgan fingerprint density at radius 1 is 1.20 bits per heavy atom. The molecule has 0 radical (unpaired) electrons. The van der Waals surface area contributed by atoms with Gasteiger partial charge < -0.3 is 9.47 Å². The van der Waals surface area contributed by atoms with E-state index in [1.165, 1.54) is 5.56 Å². The molecular weight excluding hydrogens is 188 g/mol. The number of benzene rings is 1. The highest BCUT2D eigenvalue weighted by atomic mass is 16.7. The van der Waals surface area contributed by atoms with Crippen LogP contribution in [0, 0.1) is 0 Å². The molecule has 0 fully saturated rings. The van der Waals surface area contributed by atoms with Crippen LogP contribution >= 0.6 is 0 Å². The first-order valence-electron chi connectivity index (χ1n) is 5.47. The summed E-state index contributed by atoms with van der Waals surface area (Å²) in [6.45, 7) is 6.29. The van der Waals surface area contributed by atoms with Gasteiger partial charge in [0.25, 0.3) is 0 Å². The molecular formula is C13H20O2. The molecule has 0 aromatic heterocycles. The summed E-state index contributed by atoms with van der Waals surface area (Å²) in [6, 6.07) is 8.15. The second kappa shape index (κ2) is 5.76. The average molecular weight is 208 g/mol. The van der Waals surface area contributed by atoms with Gasteiger partial charge in [0.2, 0.25) is 0 Å². The first-order chi connectivity index (χ1) is 7.19. The fraction of sp³-hybridized carbons (Fsp3) is 0.538. The minimum atomic E-state index is -0.199. The first kappa shape index (κ1) is 12.1. The van der Waals surface area contributed by atoms with Crippen molar-refractivity contribution in [2.24, 2.45) is 0 Å². The molecule has 0 N–H and O–H groups in total. The van der Waals surface area contributed by atoms with Gasteiger partial charge in [0, 0.05) is 7.11 Å². The lowest BCUT2D eigenvalue weighted by Crippen LogP contribution is -2.15. The van der Waals surface area contributed by atoms with Crippen molar-refractivity contribution < 1.29 is 9.47 Å². The van der Waals surface area contributed by atoms with Gasteiger partial charge in [-0.2, -0.15) is 0 Å². The SMILES string of the molecule is CCC(C)c1ccccc1OC(C)OC. The van der Waals surface area contributed by atoms with Crippen LogP contribution in [0.15, 0.2) is 24.3 Å². The number of hydrogen-bond donors (Lipinski definition) is 0. The van der Waals surface area contributed by atoms with Crippen LogP contribution in [0.2, 0.25) is 0 Å². The molecule has 84 valence electrons. The Hall–Kier alpha value is -1.02. The third-order valence-corrected chi connectivity index (χ3v) is 2.69. The summed E-state index contributed by atoms with van der Waals surface area (Å²) in [5.74, 6) is 1.45. The van der Waals surface area contributed by atoms with E-state index in [0.29, 0.717) is 5.92 Å². The van der Waals surface area contributed by atoms with Crippen LogP contribution in [0.3, 0.4) is 0 Å². The zero-order valence-electron chi connectivity index (χ0n) is 9.99. The molecule has 1 aromatic rings. The highest BCUT2D eigenvalue weighted by Gasteiger charge is 2.11. The molecule has 2 nitrogen and oxygen atoms in total. The van der Waals surface area contributed by atoms with E-state index in [1.54, 1.807) is 7.11 Å². The molecule has 2 unspecified atom stereocenters. The maximum atomic E-state index is 5.70. The van der Waals surface area contributed by atoms with Crippen molar-refractivity contribution in [3.63, 3.8) is 0 Å². The third kappa shape index (κ3) is 3.24. The van der Waals surface area contributed by atoms with E-state index in [9.17, 15) is 0 Å². The van der Waals surface area contributed by atoms with Gasteiger partial charge in [-0.05, 0) is 30.9 Å². The third-order valence-electron chi connectivity index (χ3n) is 2.69. The van der Waals surface area contributed by atoms with E-state index >= 15 is 0 Å². The fourth-order valence-electron chi connectivity index (χ4n) is 1.44. The Labute approximate surface area is 92.2 Å². The Balaban J connectivity index is 2.86. The van der Waals surface area contributed by atoms with Gasteiger partial charge in [-0.25, -0.2) is 0 Å². The summed E-state index contributed by atoms with van der Waals surface area (Å²) >= 11 is 0. The summed E-state index contributed by atoms with van der Waals surface area (Å²) in [5.41, 5.74) is 1.25. The Morgan fingerprint density at radius 2 is 1.87 bits per heavy atom. The molecule has 0 amide bonds. The largest absolute Gasteiger partial charge is 0.465 e. The molecule has 0 saturated carbocycles. The minimum absolute atomic E-state index is 0.199. The smallest absolute Gasteiger partial charge is 0.196 e. The van der Waals surface area contributed by atoms with Gasteiger partial charge in [0.05, 0.1) is 0 Å². The molecule has 1 aromatic carbocycles. The van der Waals surface area contributed by atoms with Crippen molar-refractivity contribution in [2.75, 3.05) is 7.11 Å². The molecule has 0 aliphatic carbocycles. The fourth-order valence-corrected chi connectivity index (χ4v) is 1.44. The highest BCUT2D eigenvalue weighted by Crippen LogP contribution is 2.28. The molecule has 0 aliphatic rings. The van der Waals surface area contributed by atoms with E-state index in [-0.39, 0.29) is 6.29 Å².